The molecular formula is C26H42O4. The Morgan fingerprint density at radius 2 is 1.20 bits per heavy atom. The van der Waals surface area contributed by atoms with Gasteiger partial charge in [-0.3, -0.25) is 0 Å². The van der Waals surface area contributed by atoms with Gasteiger partial charge in [0.05, 0.1) is 29.8 Å². The highest BCUT2D eigenvalue weighted by Crippen LogP contribution is 2.14. The molecule has 170 valence electrons. The molecule has 1 rings (SSSR count). The number of esters is 2. The molecule has 0 aliphatic heterocycles. The van der Waals surface area contributed by atoms with Gasteiger partial charge in [0.15, 0.2) is 0 Å². The molecule has 0 aromatic heterocycles. The normalized spacial score (nSPS) is 12.8. The second-order valence-corrected chi connectivity index (χ2v) is 8.24. The fraction of sp³-hybridized carbons (Fsp3) is 0.692. The van der Waals surface area contributed by atoms with Gasteiger partial charge in [-0.15, -0.1) is 0 Å². The van der Waals surface area contributed by atoms with Crippen LogP contribution >= 0.6 is 0 Å². The van der Waals surface area contributed by atoms with Crippen LogP contribution in [-0.2, 0) is 9.47 Å². The van der Waals surface area contributed by atoms with Crippen LogP contribution in [0.4, 0.5) is 0 Å². The van der Waals surface area contributed by atoms with E-state index in [1.165, 1.54) is 32.1 Å². The van der Waals surface area contributed by atoms with Crippen LogP contribution in [0, 0.1) is 5.92 Å². The molecule has 4 nitrogen and oxygen atoms in total. The van der Waals surface area contributed by atoms with E-state index in [4.69, 9.17) is 15.0 Å². The van der Waals surface area contributed by atoms with Gasteiger partial charge in [-0.25, -0.2) is 9.59 Å². The van der Waals surface area contributed by atoms with Crippen LogP contribution < -0.4 is 0 Å². The third-order valence-electron chi connectivity index (χ3n) is 4.99. The van der Waals surface area contributed by atoms with Crippen molar-refractivity contribution in [3.63, 3.8) is 0 Å². The number of unbranched alkanes of at least 4 members (excludes halogenated alkanes) is 9. The van der Waals surface area contributed by atoms with Crippen molar-refractivity contribution >= 4 is 11.9 Å². The number of hydrogen-bond acceptors (Lipinski definition) is 4. The first-order valence-corrected chi connectivity index (χ1v) is 11.7. The summed E-state index contributed by atoms with van der Waals surface area (Å²) in [5.74, 6) is -1.30. The molecule has 0 aliphatic rings. The minimum absolute atomic E-state index is 0.126. The Bertz CT molecular complexity index is 781. The summed E-state index contributed by atoms with van der Waals surface area (Å²) in [7, 11) is 0. The van der Waals surface area contributed by atoms with Gasteiger partial charge >= 0.3 is 11.9 Å². The monoisotopic (exact) mass is 422 g/mol. The summed E-state index contributed by atoms with van der Waals surface area (Å²) in [5.41, 5.74) is -0.902. The van der Waals surface area contributed by atoms with Crippen molar-refractivity contribution in [2.75, 3.05) is 13.2 Å². The fourth-order valence-electron chi connectivity index (χ4n) is 3.16. The summed E-state index contributed by atoms with van der Waals surface area (Å²) in [5, 5.41) is 0. The van der Waals surface area contributed by atoms with Crippen molar-refractivity contribution < 1.29 is 24.5 Å². The van der Waals surface area contributed by atoms with E-state index in [2.05, 4.69) is 20.8 Å². The number of benzene rings is 1. The van der Waals surface area contributed by atoms with Crippen LogP contribution in [-0.4, -0.2) is 25.2 Å². The lowest BCUT2D eigenvalue weighted by Crippen LogP contribution is -2.15. The third kappa shape index (κ3) is 12.0. The molecule has 0 saturated heterocycles. The lowest BCUT2D eigenvalue weighted by Gasteiger charge is -2.10. The Morgan fingerprint density at radius 1 is 0.767 bits per heavy atom. The van der Waals surface area contributed by atoms with E-state index < -0.39 is 47.2 Å². The second-order valence-electron chi connectivity index (χ2n) is 8.24. The summed E-state index contributed by atoms with van der Waals surface area (Å²) in [6, 6.07) is -2.31. The maximum absolute atomic E-state index is 12.7. The van der Waals surface area contributed by atoms with E-state index in [0.29, 0.717) is 18.8 Å². The maximum Gasteiger partial charge on any atom is 0.339 e. The highest BCUT2D eigenvalue weighted by molar-refractivity contribution is 6.03. The molecule has 0 N–H and O–H groups in total. The zero-order valence-corrected chi connectivity index (χ0v) is 19.1. The molecule has 0 aliphatic carbocycles. The number of hydrogen-bond donors (Lipinski definition) is 0. The Morgan fingerprint density at radius 3 is 1.67 bits per heavy atom. The topological polar surface area (TPSA) is 52.6 Å². The minimum atomic E-state index is -0.924. The molecule has 1 aromatic carbocycles. The zero-order chi connectivity index (χ0) is 25.5. The number of ether oxygens (including phenoxy) is 2. The summed E-state index contributed by atoms with van der Waals surface area (Å²) >= 11 is 0. The number of carbonyl (C=O) groups is 2. The highest BCUT2D eigenvalue weighted by atomic mass is 16.5. The first-order chi connectivity index (χ1) is 16.2. The van der Waals surface area contributed by atoms with Crippen molar-refractivity contribution in [2.24, 2.45) is 5.92 Å². The van der Waals surface area contributed by atoms with E-state index in [1.807, 2.05) is 0 Å². The average molecular weight is 423 g/mol. The van der Waals surface area contributed by atoms with E-state index in [-0.39, 0.29) is 13.2 Å². The molecular weight excluding hydrogens is 376 g/mol. The largest absolute Gasteiger partial charge is 0.462 e. The Kier molecular flexibility index (Phi) is 11.3. The summed E-state index contributed by atoms with van der Waals surface area (Å²) in [6.07, 6.45) is 12.6. The SMILES string of the molecule is [2H]c1c([2H])c([2H])c(C(=O)OCCCCC(C)C)c(C(=O)OCCCCCCCCCCC)c1[2H]. The molecule has 30 heavy (non-hydrogen) atoms. The molecule has 0 bridgehead atoms. The summed E-state index contributed by atoms with van der Waals surface area (Å²) in [6.45, 7) is 6.68. The van der Waals surface area contributed by atoms with Gasteiger partial charge in [0.1, 0.15) is 0 Å². The molecule has 0 spiro atoms. The van der Waals surface area contributed by atoms with E-state index in [9.17, 15) is 9.59 Å². The second kappa shape index (κ2) is 16.9. The first-order valence-electron chi connectivity index (χ1n) is 13.7. The minimum Gasteiger partial charge on any atom is -0.462 e. The van der Waals surface area contributed by atoms with Crippen molar-refractivity contribution in [2.45, 2.75) is 97.8 Å². The quantitative estimate of drug-likeness (QED) is 0.194. The molecule has 0 amide bonds. The van der Waals surface area contributed by atoms with Crippen LogP contribution in [0.3, 0.4) is 0 Å². The predicted octanol–water partition coefficient (Wildman–Crippen LogP) is 7.36. The fourth-order valence-corrected chi connectivity index (χ4v) is 3.16. The van der Waals surface area contributed by atoms with Crippen LogP contribution in [0.1, 0.15) is 124 Å². The van der Waals surface area contributed by atoms with Crippen molar-refractivity contribution in [1.29, 1.82) is 0 Å². The lowest BCUT2D eigenvalue weighted by molar-refractivity contribution is 0.0450. The number of carbonyl (C=O) groups excluding carboxylic acids is 2. The average Bonchev–Trinajstić information content (AvgIpc) is 2.80. The summed E-state index contributed by atoms with van der Waals surface area (Å²) in [4.78, 5) is 25.4. The molecule has 0 radical (unpaired) electrons. The van der Waals surface area contributed by atoms with Gasteiger partial charge < -0.3 is 9.47 Å². The van der Waals surface area contributed by atoms with E-state index in [1.54, 1.807) is 0 Å². The molecule has 0 atom stereocenters. The maximum atomic E-state index is 12.7. The van der Waals surface area contributed by atoms with E-state index in [0.717, 1.165) is 32.1 Å². The van der Waals surface area contributed by atoms with Crippen molar-refractivity contribution in [3.05, 3.63) is 35.3 Å². The highest BCUT2D eigenvalue weighted by Gasteiger charge is 2.18. The van der Waals surface area contributed by atoms with Crippen molar-refractivity contribution in [3.8, 4) is 0 Å². The van der Waals surface area contributed by atoms with Crippen LogP contribution in [0.25, 0.3) is 0 Å². The smallest absolute Gasteiger partial charge is 0.339 e. The van der Waals surface area contributed by atoms with Gasteiger partial charge in [0.2, 0.25) is 0 Å². The van der Waals surface area contributed by atoms with Gasteiger partial charge in [-0.2, -0.15) is 0 Å². The molecule has 0 unspecified atom stereocenters. The zero-order valence-electron chi connectivity index (χ0n) is 23.1. The first kappa shape index (κ1) is 20.1. The Balaban J connectivity index is 2.68. The van der Waals surface area contributed by atoms with E-state index >= 15 is 0 Å². The summed E-state index contributed by atoms with van der Waals surface area (Å²) < 4.78 is 42.5. The molecule has 0 fully saturated rings. The predicted molar refractivity (Wildman–Crippen MR) is 123 cm³/mol. The standard InChI is InChI=1S/C26H42O4/c1-4-5-6-7-8-9-10-11-15-20-29-25(27)23-18-12-13-19-24(23)26(28)30-21-16-14-17-22(2)3/h12-13,18-19,22H,4-11,14-17,20-21H2,1-3H3/i12D,13D,18D,19D. The van der Waals surface area contributed by atoms with Crippen LogP contribution in [0.2, 0.25) is 0 Å². The van der Waals surface area contributed by atoms with Crippen molar-refractivity contribution in [1.82, 2.24) is 0 Å². The molecule has 4 heteroatoms. The van der Waals surface area contributed by atoms with Gasteiger partial charge in [0.25, 0.3) is 0 Å². The van der Waals surface area contributed by atoms with Crippen LogP contribution in [0.15, 0.2) is 24.2 Å². The lowest BCUT2D eigenvalue weighted by atomic mass is 10.1. The Labute approximate surface area is 189 Å². The van der Waals surface area contributed by atoms with Crippen LogP contribution in [0.5, 0.6) is 0 Å². The molecule has 0 saturated carbocycles. The van der Waals surface area contributed by atoms with Gasteiger partial charge in [-0.05, 0) is 37.3 Å². The van der Waals surface area contributed by atoms with Gasteiger partial charge in [0, 0.05) is 0 Å². The third-order valence-corrected chi connectivity index (χ3v) is 4.99. The molecule has 0 heterocycles. The number of rotatable bonds is 17. The van der Waals surface area contributed by atoms with Gasteiger partial charge in [-0.1, -0.05) is 90.6 Å². The molecule has 1 aromatic rings. The Hall–Kier alpha value is -1.84.